The smallest absolute Gasteiger partial charge is 0.326 e. The zero-order valence-electron chi connectivity index (χ0n) is 19.7. The normalized spacial score (nSPS) is 14.5. The highest BCUT2D eigenvalue weighted by molar-refractivity contribution is 5.94. The number of nitrogens with one attached hydrogen (secondary N) is 3. The quantitative estimate of drug-likeness (QED) is 0.153. The van der Waals surface area contributed by atoms with Crippen molar-refractivity contribution in [3.8, 4) is 0 Å². The summed E-state index contributed by atoms with van der Waals surface area (Å²) in [5.74, 6) is -3.49. The number of carbonyl (C=O) groups excluding carboxylic acids is 3. The van der Waals surface area contributed by atoms with Crippen LogP contribution >= 0.6 is 0 Å². The van der Waals surface area contributed by atoms with Crippen molar-refractivity contribution in [2.75, 3.05) is 13.2 Å². The first-order valence-corrected chi connectivity index (χ1v) is 11.3. The van der Waals surface area contributed by atoms with Gasteiger partial charge in [0.2, 0.25) is 17.7 Å². The first kappa shape index (κ1) is 29.0. The Morgan fingerprint density at radius 2 is 1.44 bits per heavy atom. The molecule has 11 heteroatoms. The van der Waals surface area contributed by atoms with E-state index in [1.165, 1.54) is 0 Å². The van der Waals surface area contributed by atoms with E-state index in [0.717, 1.165) is 5.56 Å². The van der Waals surface area contributed by atoms with Crippen LogP contribution in [0.15, 0.2) is 30.3 Å². The molecule has 0 heterocycles. The fraction of sp³-hybridized carbons (Fsp3) is 0.565. The molecule has 4 atom stereocenters. The van der Waals surface area contributed by atoms with Crippen molar-refractivity contribution in [3.05, 3.63) is 35.9 Å². The van der Waals surface area contributed by atoms with E-state index in [2.05, 4.69) is 16.0 Å². The molecule has 0 fully saturated rings. The lowest BCUT2D eigenvalue weighted by Crippen LogP contribution is -2.59. The maximum absolute atomic E-state index is 13.0. The fourth-order valence-corrected chi connectivity index (χ4v) is 3.12. The van der Waals surface area contributed by atoms with E-state index >= 15 is 0 Å². The van der Waals surface area contributed by atoms with Gasteiger partial charge in [-0.15, -0.1) is 0 Å². The summed E-state index contributed by atoms with van der Waals surface area (Å²) >= 11 is 0. The predicted octanol–water partition coefficient (Wildman–Crippen LogP) is -1.13. The van der Waals surface area contributed by atoms with Gasteiger partial charge < -0.3 is 37.6 Å². The third-order valence-corrected chi connectivity index (χ3v) is 5.31. The molecule has 0 bridgehead atoms. The molecular formula is C23H37N5O6. The zero-order chi connectivity index (χ0) is 25.7. The topological polar surface area (TPSA) is 197 Å². The van der Waals surface area contributed by atoms with Crippen molar-refractivity contribution in [1.82, 2.24) is 16.0 Å². The van der Waals surface area contributed by atoms with Crippen LogP contribution < -0.4 is 27.4 Å². The second-order valence-corrected chi connectivity index (χ2v) is 8.45. The molecule has 0 saturated carbocycles. The van der Waals surface area contributed by atoms with Crippen molar-refractivity contribution < 1.29 is 29.4 Å². The number of aliphatic hydroxyl groups excluding tert-OH is 1. The van der Waals surface area contributed by atoms with Crippen LogP contribution in [0, 0.1) is 5.92 Å². The summed E-state index contributed by atoms with van der Waals surface area (Å²) in [6, 6.07) is 4.35. The lowest BCUT2D eigenvalue weighted by atomic mass is 10.0. The molecule has 0 aromatic heterocycles. The molecule has 0 saturated heterocycles. The predicted molar refractivity (Wildman–Crippen MR) is 126 cm³/mol. The number of carboxylic acid groups (broad SMARTS) is 1. The molecule has 1 rings (SSSR count). The van der Waals surface area contributed by atoms with Crippen LogP contribution in [0.2, 0.25) is 0 Å². The van der Waals surface area contributed by atoms with Gasteiger partial charge in [0.25, 0.3) is 0 Å². The zero-order valence-corrected chi connectivity index (χ0v) is 19.7. The number of unbranched alkanes of at least 4 members (excludes halogenated alkanes) is 1. The standard InChI is InChI=1S/C23H37N5O6/c1-14(2)19(25)22(32)28-18(13-29)21(31)27-17(12-15-8-4-3-5-9-15)20(30)26-16(23(33)34)10-6-7-11-24/h3-5,8-9,14,16-19,29H,6-7,10-13,24-25H2,1-2H3,(H,26,30)(H,27,31)(H,28,32)(H,33,34). The molecule has 190 valence electrons. The Morgan fingerprint density at radius 3 is 1.97 bits per heavy atom. The molecule has 3 amide bonds. The molecule has 0 radical (unpaired) electrons. The molecule has 34 heavy (non-hydrogen) atoms. The van der Waals surface area contributed by atoms with Crippen molar-refractivity contribution in [2.45, 2.75) is 63.7 Å². The van der Waals surface area contributed by atoms with Crippen LogP contribution in [0.3, 0.4) is 0 Å². The molecule has 1 aromatic carbocycles. The minimum atomic E-state index is -1.33. The number of hydrogen-bond acceptors (Lipinski definition) is 7. The number of carboxylic acids is 1. The van der Waals surface area contributed by atoms with Gasteiger partial charge in [0, 0.05) is 6.42 Å². The largest absolute Gasteiger partial charge is 0.480 e. The molecule has 0 spiro atoms. The van der Waals surface area contributed by atoms with Crippen molar-refractivity contribution in [1.29, 1.82) is 0 Å². The van der Waals surface area contributed by atoms with E-state index in [0.29, 0.717) is 19.4 Å². The second kappa shape index (κ2) is 15.0. The summed E-state index contributed by atoms with van der Waals surface area (Å²) in [5, 5.41) is 26.5. The van der Waals surface area contributed by atoms with E-state index in [1.807, 2.05) is 0 Å². The summed E-state index contributed by atoms with van der Waals surface area (Å²) in [7, 11) is 0. The van der Waals surface area contributed by atoms with E-state index < -0.39 is 54.5 Å². The molecule has 0 aliphatic rings. The Morgan fingerprint density at radius 1 is 0.882 bits per heavy atom. The number of carbonyl (C=O) groups is 4. The van der Waals surface area contributed by atoms with Crippen LogP contribution in [0.1, 0.15) is 38.7 Å². The average molecular weight is 480 g/mol. The second-order valence-electron chi connectivity index (χ2n) is 8.45. The molecule has 9 N–H and O–H groups in total. The lowest BCUT2D eigenvalue weighted by molar-refractivity contribution is -0.142. The van der Waals surface area contributed by atoms with Gasteiger partial charge in [-0.2, -0.15) is 0 Å². The number of rotatable bonds is 15. The minimum Gasteiger partial charge on any atom is -0.480 e. The molecule has 11 nitrogen and oxygen atoms in total. The van der Waals surface area contributed by atoms with Crippen molar-refractivity contribution >= 4 is 23.7 Å². The number of hydrogen-bond donors (Lipinski definition) is 7. The van der Waals surface area contributed by atoms with Gasteiger partial charge in [-0.05, 0) is 37.3 Å². The van der Waals surface area contributed by atoms with Gasteiger partial charge in [-0.25, -0.2) is 4.79 Å². The van der Waals surface area contributed by atoms with Crippen LogP contribution in [0.4, 0.5) is 0 Å². The third kappa shape index (κ3) is 9.86. The van der Waals surface area contributed by atoms with Gasteiger partial charge in [0.05, 0.1) is 12.6 Å². The molecule has 0 aliphatic carbocycles. The Balaban J connectivity index is 2.99. The van der Waals surface area contributed by atoms with E-state index in [1.54, 1.807) is 44.2 Å². The van der Waals surface area contributed by atoms with E-state index in [9.17, 15) is 29.4 Å². The molecule has 4 unspecified atom stereocenters. The molecule has 1 aromatic rings. The summed E-state index contributed by atoms with van der Waals surface area (Å²) in [5.41, 5.74) is 12.0. The highest BCUT2D eigenvalue weighted by Crippen LogP contribution is 2.07. The number of amides is 3. The first-order valence-electron chi connectivity index (χ1n) is 11.3. The molecule has 0 aliphatic heterocycles. The van der Waals surface area contributed by atoms with Crippen molar-refractivity contribution in [2.24, 2.45) is 17.4 Å². The monoisotopic (exact) mass is 479 g/mol. The number of nitrogens with two attached hydrogens (primary N) is 2. The van der Waals surface area contributed by atoms with Crippen LogP contribution in [-0.4, -0.2) is 71.2 Å². The minimum absolute atomic E-state index is 0.0746. The summed E-state index contributed by atoms with van der Waals surface area (Å²) in [6.45, 7) is 3.18. The Labute approximate surface area is 199 Å². The first-order chi connectivity index (χ1) is 16.1. The van der Waals surface area contributed by atoms with Gasteiger partial charge in [0.1, 0.15) is 18.1 Å². The SMILES string of the molecule is CC(C)C(N)C(=O)NC(CO)C(=O)NC(Cc1ccccc1)C(=O)NC(CCCCN)C(=O)O. The Bertz CT molecular complexity index is 804. The fourth-order valence-electron chi connectivity index (χ4n) is 3.12. The highest BCUT2D eigenvalue weighted by atomic mass is 16.4. The summed E-state index contributed by atoms with van der Waals surface area (Å²) in [6.07, 6.45) is 1.39. The summed E-state index contributed by atoms with van der Waals surface area (Å²) < 4.78 is 0. The number of aliphatic carboxylic acids is 1. The number of benzene rings is 1. The Hall–Kier alpha value is -3.02. The van der Waals surface area contributed by atoms with Crippen LogP contribution in [0.25, 0.3) is 0 Å². The van der Waals surface area contributed by atoms with Gasteiger partial charge in [-0.1, -0.05) is 44.2 Å². The van der Waals surface area contributed by atoms with Gasteiger partial charge >= 0.3 is 5.97 Å². The van der Waals surface area contributed by atoms with Gasteiger partial charge in [0.15, 0.2) is 0 Å². The number of aliphatic hydroxyl groups is 1. The van der Waals surface area contributed by atoms with Crippen molar-refractivity contribution in [3.63, 3.8) is 0 Å². The van der Waals surface area contributed by atoms with Crippen LogP contribution in [0.5, 0.6) is 0 Å². The van der Waals surface area contributed by atoms with E-state index in [4.69, 9.17) is 11.5 Å². The molecular weight excluding hydrogens is 442 g/mol. The van der Waals surface area contributed by atoms with E-state index in [-0.39, 0.29) is 18.8 Å². The summed E-state index contributed by atoms with van der Waals surface area (Å²) in [4.78, 5) is 49.6. The Kier molecular flexibility index (Phi) is 12.8. The maximum Gasteiger partial charge on any atom is 0.326 e. The lowest BCUT2D eigenvalue weighted by Gasteiger charge is -2.25. The maximum atomic E-state index is 13.0. The van der Waals surface area contributed by atoms with Crippen LogP contribution in [-0.2, 0) is 25.6 Å². The third-order valence-electron chi connectivity index (χ3n) is 5.31. The average Bonchev–Trinajstić information content (AvgIpc) is 2.81. The van der Waals surface area contributed by atoms with Gasteiger partial charge in [-0.3, -0.25) is 14.4 Å². The highest BCUT2D eigenvalue weighted by Gasteiger charge is 2.30.